The van der Waals surface area contributed by atoms with Crippen LogP contribution in [-0.2, 0) is 9.53 Å². The number of nitrogens with one attached hydrogen (secondary N) is 1. The molecule has 1 heterocycles. The molecule has 114 valence electrons. The van der Waals surface area contributed by atoms with E-state index in [4.69, 9.17) is 16.3 Å². The molecule has 0 spiro atoms. The van der Waals surface area contributed by atoms with E-state index in [0.717, 1.165) is 0 Å². The zero-order chi connectivity index (χ0) is 15.3. The van der Waals surface area contributed by atoms with Crippen LogP contribution in [0.25, 0.3) is 6.08 Å². The van der Waals surface area contributed by atoms with Crippen molar-refractivity contribution in [3.8, 4) is 0 Å². The number of rotatable bonds is 4. The number of hydrogen-bond acceptors (Lipinski definition) is 3. The summed E-state index contributed by atoms with van der Waals surface area (Å²) in [5.74, 6) is -0.889. The molecule has 1 saturated heterocycles. The van der Waals surface area contributed by atoms with Gasteiger partial charge in [-0.3, -0.25) is 4.79 Å². The number of benzene rings is 1. The van der Waals surface area contributed by atoms with Crippen LogP contribution in [0.1, 0.15) is 18.4 Å². The second kappa shape index (κ2) is 7.02. The van der Waals surface area contributed by atoms with Crippen LogP contribution in [0.2, 0.25) is 5.02 Å². The number of amides is 1. The highest BCUT2D eigenvalue weighted by atomic mass is 35.5. The van der Waals surface area contributed by atoms with Gasteiger partial charge in [0, 0.05) is 24.9 Å². The van der Waals surface area contributed by atoms with Gasteiger partial charge >= 0.3 is 0 Å². The van der Waals surface area contributed by atoms with Crippen molar-refractivity contribution in [1.82, 2.24) is 5.32 Å². The Balaban J connectivity index is 2.05. The normalized spacial score (nSPS) is 17.9. The second-order valence-electron chi connectivity index (χ2n) is 5.01. The third-order valence-electron chi connectivity index (χ3n) is 3.54. The fourth-order valence-corrected chi connectivity index (χ4v) is 2.44. The molecular formula is C15H17ClFNO3. The van der Waals surface area contributed by atoms with E-state index in [0.29, 0.717) is 26.1 Å². The van der Waals surface area contributed by atoms with Gasteiger partial charge in [0.2, 0.25) is 5.91 Å². The van der Waals surface area contributed by atoms with Gasteiger partial charge in [-0.25, -0.2) is 4.39 Å². The van der Waals surface area contributed by atoms with Gasteiger partial charge in [0.05, 0.1) is 17.2 Å². The Bertz CT molecular complexity index is 521. The molecule has 0 radical (unpaired) electrons. The molecule has 1 fully saturated rings. The first-order chi connectivity index (χ1) is 10.1. The number of carbonyl (C=O) groups is 1. The van der Waals surface area contributed by atoms with E-state index >= 15 is 0 Å². The third-order valence-corrected chi connectivity index (χ3v) is 3.87. The lowest BCUT2D eigenvalue weighted by molar-refractivity contribution is -0.120. The summed E-state index contributed by atoms with van der Waals surface area (Å²) in [6.45, 7) is 0.823. The predicted octanol–water partition coefficient (Wildman–Crippen LogP) is 2.15. The van der Waals surface area contributed by atoms with Gasteiger partial charge in [-0.1, -0.05) is 17.7 Å². The molecule has 0 saturated carbocycles. The Kier molecular flexibility index (Phi) is 5.33. The summed E-state index contributed by atoms with van der Waals surface area (Å²) in [5, 5.41) is 12.5. The summed E-state index contributed by atoms with van der Waals surface area (Å²) in [4.78, 5) is 12.0. The van der Waals surface area contributed by atoms with Crippen molar-refractivity contribution in [2.45, 2.75) is 18.4 Å². The van der Waals surface area contributed by atoms with Crippen molar-refractivity contribution < 1.29 is 19.0 Å². The Hall–Kier alpha value is -1.43. The van der Waals surface area contributed by atoms with Crippen molar-refractivity contribution in [3.63, 3.8) is 0 Å². The van der Waals surface area contributed by atoms with Crippen LogP contribution in [0.15, 0.2) is 24.3 Å². The van der Waals surface area contributed by atoms with Crippen molar-refractivity contribution in [3.05, 3.63) is 40.7 Å². The van der Waals surface area contributed by atoms with Gasteiger partial charge in [0.25, 0.3) is 0 Å². The Labute approximate surface area is 127 Å². The highest BCUT2D eigenvalue weighted by molar-refractivity contribution is 6.32. The molecule has 2 N–H and O–H groups in total. The molecule has 0 aliphatic carbocycles. The van der Waals surface area contributed by atoms with Gasteiger partial charge in [-0.15, -0.1) is 0 Å². The van der Waals surface area contributed by atoms with Crippen LogP contribution < -0.4 is 5.32 Å². The highest BCUT2D eigenvalue weighted by Crippen LogP contribution is 2.22. The lowest BCUT2D eigenvalue weighted by Crippen LogP contribution is -2.54. The number of ether oxygens (including phenoxy) is 1. The Morgan fingerprint density at radius 1 is 1.48 bits per heavy atom. The van der Waals surface area contributed by atoms with E-state index < -0.39 is 17.3 Å². The number of aliphatic hydroxyl groups is 1. The quantitative estimate of drug-likeness (QED) is 0.837. The molecule has 0 unspecified atom stereocenters. The van der Waals surface area contributed by atoms with E-state index in [2.05, 4.69) is 5.32 Å². The Morgan fingerprint density at radius 2 is 2.19 bits per heavy atom. The van der Waals surface area contributed by atoms with Gasteiger partial charge in [0.15, 0.2) is 0 Å². The molecule has 1 aromatic carbocycles. The number of hydrogen-bond donors (Lipinski definition) is 2. The van der Waals surface area contributed by atoms with Crippen LogP contribution >= 0.6 is 11.6 Å². The molecule has 1 aromatic rings. The first kappa shape index (κ1) is 15.9. The third kappa shape index (κ3) is 4.03. The van der Waals surface area contributed by atoms with Crippen LogP contribution in [0, 0.1) is 5.82 Å². The van der Waals surface area contributed by atoms with Crippen molar-refractivity contribution in [2.24, 2.45) is 0 Å². The first-order valence-corrected chi connectivity index (χ1v) is 7.07. The minimum Gasteiger partial charge on any atom is -0.394 e. The molecule has 1 amide bonds. The molecule has 0 atom stereocenters. The molecule has 4 nitrogen and oxygen atoms in total. The van der Waals surface area contributed by atoms with Gasteiger partial charge in [-0.2, -0.15) is 0 Å². The van der Waals surface area contributed by atoms with E-state index in [1.807, 2.05) is 0 Å². The summed E-state index contributed by atoms with van der Waals surface area (Å²) in [6, 6.07) is 4.32. The zero-order valence-corrected chi connectivity index (χ0v) is 12.2. The largest absolute Gasteiger partial charge is 0.394 e. The second-order valence-corrected chi connectivity index (χ2v) is 5.42. The summed E-state index contributed by atoms with van der Waals surface area (Å²) in [5.41, 5.74) is -0.502. The molecule has 0 aromatic heterocycles. The summed E-state index contributed by atoms with van der Waals surface area (Å²) in [7, 11) is 0. The van der Waals surface area contributed by atoms with E-state index in [9.17, 15) is 14.3 Å². The van der Waals surface area contributed by atoms with Crippen molar-refractivity contribution in [1.29, 1.82) is 0 Å². The average Bonchev–Trinajstić information content (AvgIpc) is 2.47. The fourth-order valence-electron chi connectivity index (χ4n) is 2.22. The first-order valence-electron chi connectivity index (χ1n) is 6.69. The lowest BCUT2D eigenvalue weighted by atomic mass is 9.91. The number of carbonyl (C=O) groups excluding carboxylic acids is 1. The molecule has 6 heteroatoms. The van der Waals surface area contributed by atoms with E-state index in [1.54, 1.807) is 6.07 Å². The summed E-state index contributed by atoms with van der Waals surface area (Å²) < 4.78 is 18.8. The van der Waals surface area contributed by atoms with Crippen LogP contribution in [0.5, 0.6) is 0 Å². The maximum absolute atomic E-state index is 13.6. The maximum atomic E-state index is 13.6. The monoisotopic (exact) mass is 313 g/mol. The van der Waals surface area contributed by atoms with Crippen LogP contribution in [0.4, 0.5) is 4.39 Å². The number of aliphatic hydroxyl groups excluding tert-OH is 1. The highest BCUT2D eigenvalue weighted by Gasteiger charge is 2.32. The topological polar surface area (TPSA) is 58.6 Å². The SMILES string of the molecule is O=C(/C=C/c1c(F)cccc1Cl)NC1(CO)CCOCC1. The molecule has 1 aliphatic heterocycles. The Morgan fingerprint density at radius 3 is 2.81 bits per heavy atom. The van der Waals surface area contributed by atoms with Crippen molar-refractivity contribution in [2.75, 3.05) is 19.8 Å². The molecule has 0 bridgehead atoms. The lowest BCUT2D eigenvalue weighted by Gasteiger charge is -2.35. The van der Waals surface area contributed by atoms with Crippen LogP contribution in [0.3, 0.4) is 0 Å². The number of halogens is 2. The zero-order valence-electron chi connectivity index (χ0n) is 11.4. The molecular weight excluding hydrogens is 297 g/mol. The minimum atomic E-state index is -0.668. The standard InChI is InChI=1S/C15H17ClFNO3/c16-12-2-1-3-13(17)11(12)4-5-14(20)18-15(10-19)6-8-21-9-7-15/h1-5,19H,6-10H2,(H,18,20)/b5-4+. The van der Waals surface area contributed by atoms with E-state index in [-0.39, 0.29) is 17.2 Å². The summed E-state index contributed by atoms with van der Waals surface area (Å²) in [6.07, 6.45) is 3.64. The van der Waals surface area contributed by atoms with Gasteiger partial charge in [0.1, 0.15) is 5.82 Å². The van der Waals surface area contributed by atoms with Gasteiger partial charge in [-0.05, 0) is 31.1 Å². The predicted molar refractivity (Wildman–Crippen MR) is 78.5 cm³/mol. The smallest absolute Gasteiger partial charge is 0.244 e. The average molecular weight is 314 g/mol. The maximum Gasteiger partial charge on any atom is 0.244 e. The fraction of sp³-hybridized carbons (Fsp3) is 0.400. The molecule has 1 aliphatic rings. The molecule has 21 heavy (non-hydrogen) atoms. The van der Waals surface area contributed by atoms with Gasteiger partial charge < -0.3 is 15.2 Å². The van der Waals surface area contributed by atoms with Crippen molar-refractivity contribution >= 4 is 23.6 Å². The summed E-state index contributed by atoms with van der Waals surface area (Å²) >= 11 is 5.88. The van der Waals surface area contributed by atoms with Crippen LogP contribution in [-0.4, -0.2) is 36.4 Å². The van der Waals surface area contributed by atoms with E-state index in [1.165, 1.54) is 24.3 Å². The minimum absolute atomic E-state index is 0.156. The molecule has 2 rings (SSSR count).